The standard InChI is InChI=1S/C12H16N2O/c1-9-4-2-5-10(8-9)11-12(15)14-7-3-6-13-11/h2,4-5,8,11,13H,3,6-7H2,1H3,(H,14,15). The number of benzene rings is 1. The molecule has 1 aliphatic rings. The van der Waals surface area contributed by atoms with Crippen molar-refractivity contribution in [3.05, 3.63) is 35.4 Å². The lowest BCUT2D eigenvalue weighted by atomic mass is 10.0. The van der Waals surface area contributed by atoms with E-state index in [1.54, 1.807) is 0 Å². The number of carbonyl (C=O) groups is 1. The highest BCUT2D eigenvalue weighted by atomic mass is 16.2. The maximum Gasteiger partial charge on any atom is 0.241 e. The molecule has 0 saturated carbocycles. The summed E-state index contributed by atoms with van der Waals surface area (Å²) in [5, 5.41) is 6.17. The molecule has 0 bridgehead atoms. The molecule has 1 saturated heterocycles. The second kappa shape index (κ2) is 4.45. The Morgan fingerprint density at radius 3 is 3.00 bits per heavy atom. The summed E-state index contributed by atoms with van der Waals surface area (Å²) in [5.74, 6) is 0.0816. The summed E-state index contributed by atoms with van der Waals surface area (Å²) >= 11 is 0. The number of carbonyl (C=O) groups excluding carboxylic acids is 1. The summed E-state index contributed by atoms with van der Waals surface area (Å²) in [5.41, 5.74) is 2.24. The van der Waals surface area contributed by atoms with Crippen LogP contribution in [0.3, 0.4) is 0 Å². The molecule has 0 radical (unpaired) electrons. The molecule has 2 N–H and O–H groups in total. The van der Waals surface area contributed by atoms with Gasteiger partial charge in [-0.1, -0.05) is 29.8 Å². The molecule has 1 heterocycles. The Morgan fingerprint density at radius 1 is 1.33 bits per heavy atom. The Kier molecular flexibility index (Phi) is 3.02. The molecule has 1 unspecified atom stereocenters. The van der Waals surface area contributed by atoms with Crippen LogP contribution < -0.4 is 10.6 Å². The van der Waals surface area contributed by atoms with Crippen molar-refractivity contribution in [2.75, 3.05) is 13.1 Å². The Labute approximate surface area is 89.9 Å². The van der Waals surface area contributed by atoms with E-state index in [4.69, 9.17) is 0 Å². The molecule has 2 rings (SSSR count). The van der Waals surface area contributed by atoms with Gasteiger partial charge < -0.3 is 10.6 Å². The van der Waals surface area contributed by atoms with Crippen LogP contribution in [0.25, 0.3) is 0 Å². The molecule has 1 aliphatic heterocycles. The van der Waals surface area contributed by atoms with Gasteiger partial charge in [-0.2, -0.15) is 0 Å². The van der Waals surface area contributed by atoms with Crippen molar-refractivity contribution >= 4 is 5.91 Å². The maximum atomic E-state index is 11.8. The van der Waals surface area contributed by atoms with Crippen molar-refractivity contribution in [3.8, 4) is 0 Å². The zero-order valence-electron chi connectivity index (χ0n) is 8.92. The topological polar surface area (TPSA) is 41.1 Å². The normalized spacial score (nSPS) is 21.9. The van der Waals surface area contributed by atoms with Crippen LogP contribution in [0.4, 0.5) is 0 Å². The van der Waals surface area contributed by atoms with Gasteiger partial charge in [0.2, 0.25) is 5.91 Å². The molecule has 0 spiro atoms. The monoisotopic (exact) mass is 204 g/mol. The van der Waals surface area contributed by atoms with Gasteiger partial charge in [0.15, 0.2) is 0 Å². The van der Waals surface area contributed by atoms with Gasteiger partial charge in [0.05, 0.1) is 0 Å². The number of rotatable bonds is 1. The molecular formula is C12H16N2O. The van der Waals surface area contributed by atoms with E-state index in [9.17, 15) is 4.79 Å². The fraction of sp³-hybridized carbons (Fsp3) is 0.417. The molecule has 1 aromatic carbocycles. The van der Waals surface area contributed by atoms with E-state index in [1.807, 2.05) is 25.1 Å². The quantitative estimate of drug-likeness (QED) is 0.720. The number of amides is 1. The van der Waals surface area contributed by atoms with E-state index in [0.29, 0.717) is 0 Å². The predicted molar refractivity (Wildman–Crippen MR) is 59.5 cm³/mol. The van der Waals surface area contributed by atoms with E-state index in [2.05, 4.69) is 16.7 Å². The second-order valence-electron chi connectivity index (χ2n) is 3.95. The van der Waals surface area contributed by atoms with Crippen LogP contribution in [-0.4, -0.2) is 19.0 Å². The van der Waals surface area contributed by atoms with Crippen molar-refractivity contribution in [1.29, 1.82) is 0 Å². The molecule has 1 aromatic rings. The number of hydrogen-bond acceptors (Lipinski definition) is 2. The van der Waals surface area contributed by atoms with Crippen LogP contribution in [0.5, 0.6) is 0 Å². The van der Waals surface area contributed by atoms with Crippen molar-refractivity contribution < 1.29 is 4.79 Å². The van der Waals surface area contributed by atoms with Crippen molar-refractivity contribution in [2.45, 2.75) is 19.4 Å². The van der Waals surface area contributed by atoms with Gasteiger partial charge in [-0.3, -0.25) is 4.79 Å². The second-order valence-corrected chi connectivity index (χ2v) is 3.95. The average molecular weight is 204 g/mol. The Morgan fingerprint density at radius 2 is 2.20 bits per heavy atom. The zero-order valence-corrected chi connectivity index (χ0v) is 8.92. The van der Waals surface area contributed by atoms with Gasteiger partial charge in [-0.25, -0.2) is 0 Å². The van der Waals surface area contributed by atoms with Crippen molar-refractivity contribution in [3.63, 3.8) is 0 Å². The van der Waals surface area contributed by atoms with Crippen LogP contribution in [0, 0.1) is 6.92 Å². The average Bonchev–Trinajstić information content (AvgIpc) is 2.43. The maximum absolute atomic E-state index is 11.8. The van der Waals surface area contributed by atoms with Gasteiger partial charge in [0.25, 0.3) is 0 Å². The summed E-state index contributed by atoms with van der Waals surface area (Å²) in [6.07, 6.45) is 0.994. The summed E-state index contributed by atoms with van der Waals surface area (Å²) in [6.45, 7) is 3.70. The number of nitrogens with one attached hydrogen (secondary N) is 2. The van der Waals surface area contributed by atoms with Crippen LogP contribution in [0.1, 0.15) is 23.6 Å². The predicted octanol–water partition coefficient (Wildman–Crippen LogP) is 1.15. The van der Waals surface area contributed by atoms with E-state index < -0.39 is 0 Å². The first-order valence-corrected chi connectivity index (χ1v) is 5.35. The third-order valence-electron chi connectivity index (χ3n) is 2.64. The smallest absolute Gasteiger partial charge is 0.241 e. The number of hydrogen-bond donors (Lipinski definition) is 2. The van der Waals surface area contributed by atoms with E-state index >= 15 is 0 Å². The van der Waals surface area contributed by atoms with Crippen molar-refractivity contribution in [1.82, 2.24) is 10.6 Å². The van der Waals surface area contributed by atoms with Gasteiger partial charge >= 0.3 is 0 Å². The molecule has 3 nitrogen and oxygen atoms in total. The molecular weight excluding hydrogens is 188 g/mol. The van der Waals surface area contributed by atoms with Crippen LogP contribution in [0.15, 0.2) is 24.3 Å². The van der Waals surface area contributed by atoms with Gasteiger partial charge in [-0.05, 0) is 25.5 Å². The Balaban J connectivity index is 2.24. The fourth-order valence-electron chi connectivity index (χ4n) is 1.86. The molecule has 1 atom stereocenters. The summed E-state index contributed by atoms with van der Waals surface area (Å²) < 4.78 is 0. The third-order valence-corrected chi connectivity index (χ3v) is 2.64. The first-order chi connectivity index (χ1) is 7.27. The lowest BCUT2D eigenvalue weighted by Gasteiger charge is -2.15. The summed E-state index contributed by atoms with van der Waals surface area (Å²) in [6, 6.07) is 7.90. The molecule has 80 valence electrons. The lowest BCUT2D eigenvalue weighted by molar-refractivity contribution is -0.122. The molecule has 0 aliphatic carbocycles. The highest BCUT2D eigenvalue weighted by Crippen LogP contribution is 2.15. The third kappa shape index (κ3) is 2.36. The molecule has 15 heavy (non-hydrogen) atoms. The summed E-state index contributed by atoms with van der Waals surface area (Å²) in [7, 11) is 0. The minimum absolute atomic E-state index is 0.0816. The Hall–Kier alpha value is -1.35. The first-order valence-electron chi connectivity index (χ1n) is 5.35. The van der Waals surface area contributed by atoms with Crippen LogP contribution in [-0.2, 0) is 4.79 Å². The fourth-order valence-corrected chi connectivity index (χ4v) is 1.86. The SMILES string of the molecule is Cc1cccc(C2NCCCNC2=O)c1. The summed E-state index contributed by atoms with van der Waals surface area (Å²) in [4.78, 5) is 11.8. The Bertz CT molecular complexity index is 362. The van der Waals surface area contributed by atoms with Gasteiger partial charge in [0.1, 0.15) is 6.04 Å². The molecule has 1 amide bonds. The minimum Gasteiger partial charge on any atom is -0.354 e. The lowest BCUT2D eigenvalue weighted by Crippen LogP contribution is -2.33. The molecule has 1 fully saturated rings. The van der Waals surface area contributed by atoms with Gasteiger partial charge in [0, 0.05) is 6.54 Å². The highest BCUT2D eigenvalue weighted by molar-refractivity contribution is 5.83. The first kappa shape index (κ1) is 10.2. The zero-order chi connectivity index (χ0) is 10.7. The van der Waals surface area contributed by atoms with E-state index in [1.165, 1.54) is 5.56 Å². The van der Waals surface area contributed by atoms with Gasteiger partial charge in [-0.15, -0.1) is 0 Å². The largest absolute Gasteiger partial charge is 0.354 e. The van der Waals surface area contributed by atoms with E-state index in [-0.39, 0.29) is 11.9 Å². The van der Waals surface area contributed by atoms with E-state index in [0.717, 1.165) is 25.1 Å². The molecule has 0 aromatic heterocycles. The minimum atomic E-state index is -0.188. The highest BCUT2D eigenvalue weighted by Gasteiger charge is 2.21. The molecule has 3 heteroatoms. The van der Waals surface area contributed by atoms with Crippen LogP contribution in [0.2, 0.25) is 0 Å². The van der Waals surface area contributed by atoms with Crippen LogP contribution >= 0.6 is 0 Å². The van der Waals surface area contributed by atoms with Crippen molar-refractivity contribution in [2.24, 2.45) is 0 Å². The number of aryl methyl sites for hydroxylation is 1.